The van der Waals surface area contributed by atoms with Gasteiger partial charge in [0.15, 0.2) is 0 Å². The van der Waals surface area contributed by atoms with E-state index in [1.165, 1.54) is 38.5 Å². The Hall–Kier alpha value is -0.370. The summed E-state index contributed by atoms with van der Waals surface area (Å²) in [7, 11) is 0. The molecule has 0 spiro atoms. The zero-order valence-electron chi connectivity index (χ0n) is 10.7. The van der Waals surface area contributed by atoms with Gasteiger partial charge in [-0.15, -0.1) is 0 Å². The summed E-state index contributed by atoms with van der Waals surface area (Å²) in [6.45, 7) is 0. The molecule has 0 amide bonds. The molecule has 3 aliphatic rings. The van der Waals surface area contributed by atoms with Crippen LogP contribution in [0.5, 0.6) is 0 Å². The Labute approximate surface area is 104 Å². The Morgan fingerprint density at radius 2 is 1.18 bits per heavy atom. The smallest absolute Gasteiger partial charge is 0.144 e. The third-order valence-corrected chi connectivity index (χ3v) is 4.99. The van der Waals surface area contributed by atoms with Crippen molar-refractivity contribution in [3.8, 4) is 0 Å². The first kappa shape index (κ1) is 11.7. The van der Waals surface area contributed by atoms with Crippen molar-refractivity contribution in [2.24, 2.45) is 11.8 Å². The maximum absolute atomic E-state index is 12.6. The number of hydrogen-bond acceptors (Lipinski definition) is 2. The topological polar surface area (TPSA) is 26.3 Å². The van der Waals surface area contributed by atoms with Crippen molar-refractivity contribution >= 4 is 5.78 Å². The number of carbonyl (C=O) groups is 1. The normalized spacial score (nSPS) is 43.2. The van der Waals surface area contributed by atoms with Crippen LogP contribution < -0.4 is 0 Å². The zero-order valence-corrected chi connectivity index (χ0v) is 10.7. The van der Waals surface area contributed by atoms with E-state index in [1.807, 2.05) is 0 Å². The van der Waals surface area contributed by atoms with E-state index >= 15 is 0 Å². The predicted molar refractivity (Wildman–Crippen MR) is 66.8 cm³/mol. The van der Waals surface area contributed by atoms with Crippen LogP contribution in [0.15, 0.2) is 0 Å². The van der Waals surface area contributed by atoms with E-state index in [4.69, 9.17) is 4.74 Å². The average molecular weight is 236 g/mol. The zero-order chi connectivity index (χ0) is 11.7. The Morgan fingerprint density at radius 1 is 0.706 bits per heavy atom. The van der Waals surface area contributed by atoms with Crippen molar-refractivity contribution in [3.05, 3.63) is 0 Å². The van der Waals surface area contributed by atoms with Crippen LogP contribution in [0.4, 0.5) is 0 Å². The molecule has 2 nitrogen and oxygen atoms in total. The Kier molecular flexibility index (Phi) is 3.51. The number of rotatable bonds is 0. The highest BCUT2D eigenvalue weighted by Gasteiger charge is 2.44. The van der Waals surface area contributed by atoms with E-state index in [0.29, 0.717) is 5.78 Å². The van der Waals surface area contributed by atoms with Crippen LogP contribution in [0.2, 0.25) is 0 Å². The molecule has 0 aromatic heterocycles. The summed E-state index contributed by atoms with van der Waals surface area (Å²) in [5, 5.41) is 0. The van der Waals surface area contributed by atoms with Crippen LogP contribution in [0, 0.1) is 11.8 Å². The van der Waals surface area contributed by atoms with E-state index in [1.54, 1.807) is 0 Å². The first-order chi connectivity index (χ1) is 8.36. The third-order valence-electron chi connectivity index (χ3n) is 4.99. The molecule has 0 bridgehead atoms. The first-order valence-corrected chi connectivity index (χ1v) is 7.55. The van der Waals surface area contributed by atoms with Gasteiger partial charge in [0.25, 0.3) is 0 Å². The second kappa shape index (κ2) is 5.09. The molecule has 2 heteroatoms. The molecule has 0 radical (unpaired) electrons. The minimum Gasteiger partial charge on any atom is -0.373 e. The summed E-state index contributed by atoms with van der Waals surface area (Å²) >= 11 is 0. The van der Waals surface area contributed by atoms with Gasteiger partial charge in [-0.05, 0) is 25.7 Å². The van der Waals surface area contributed by atoms with Gasteiger partial charge in [-0.2, -0.15) is 0 Å². The van der Waals surface area contributed by atoms with E-state index in [0.717, 1.165) is 25.7 Å². The average Bonchev–Trinajstić information content (AvgIpc) is 2.69. The fourth-order valence-electron chi connectivity index (χ4n) is 4.02. The maximum atomic E-state index is 12.6. The van der Waals surface area contributed by atoms with Gasteiger partial charge in [-0.3, -0.25) is 4.79 Å². The fraction of sp³-hybridized carbons (Fsp3) is 0.933. The van der Waals surface area contributed by atoms with Crippen LogP contribution in [-0.4, -0.2) is 18.0 Å². The predicted octanol–water partition coefficient (Wildman–Crippen LogP) is 3.48. The monoisotopic (exact) mass is 236 g/mol. The van der Waals surface area contributed by atoms with Gasteiger partial charge in [-0.1, -0.05) is 38.5 Å². The first-order valence-electron chi connectivity index (χ1n) is 7.55. The molecule has 0 N–H and O–H groups in total. The molecule has 3 fully saturated rings. The molecular weight excluding hydrogens is 212 g/mol. The van der Waals surface area contributed by atoms with Crippen LogP contribution >= 0.6 is 0 Å². The van der Waals surface area contributed by atoms with Crippen LogP contribution in [-0.2, 0) is 9.53 Å². The molecule has 96 valence electrons. The molecule has 2 saturated carbocycles. The van der Waals surface area contributed by atoms with E-state index in [-0.39, 0.29) is 24.0 Å². The third kappa shape index (κ3) is 2.29. The highest BCUT2D eigenvalue weighted by Crippen LogP contribution is 2.40. The van der Waals surface area contributed by atoms with Gasteiger partial charge < -0.3 is 4.74 Å². The summed E-state index contributed by atoms with van der Waals surface area (Å²) in [5.74, 6) is 1.06. The number of hydrogen-bond donors (Lipinski definition) is 0. The van der Waals surface area contributed by atoms with Crippen LogP contribution in [0.25, 0.3) is 0 Å². The standard InChI is InChI=1S/C15H24O2/c16-15-11-7-3-1-5-9-13(11)17-14-10-6-2-4-8-12(14)15/h11-14H,1-10H2. The van der Waals surface area contributed by atoms with Gasteiger partial charge in [-0.25, -0.2) is 0 Å². The van der Waals surface area contributed by atoms with Gasteiger partial charge in [0.2, 0.25) is 0 Å². The quantitative estimate of drug-likeness (QED) is 0.643. The van der Waals surface area contributed by atoms with Crippen molar-refractivity contribution in [3.63, 3.8) is 0 Å². The van der Waals surface area contributed by atoms with E-state index < -0.39 is 0 Å². The Bertz CT molecular complexity index is 261. The molecule has 1 aliphatic heterocycles. The number of carbonyl (C=O) groups excluding carboxylic acids is 1. The van der Waals surface area contributed by atoms with Crippen molar-refractivity contribution in [2.75, 3.05) is 0 Å². The summed E-state index contributed by atoms with van der Waals surface area (Å²) in [5.41, 5.74) is 0. The lowest BCUT2D eigenvalue weighted by atomic mass is 9.78. The molecule has 4 atom stereocenters. The summed E-state index contributed by atoms with van der Waals surface area (Å²) in [4.78, 5) is 12.6. The molecule has 0 aromatic carbocycles. The van der Waals surface area contributed by atoms with Crippen LogP contribution in [0.3, 0.4) is 0 Å². The fourth-order valence-corrected chi connectivity index (χ4v) is 4.02. The maximum Gasteiger partial charge on any atom is 0.144 e. The van der Waals surface area contributed by atoms with E-state index in [9.17, 15) is 4.79 Å². The lowest BCUT2D eigenvalue weighted by molar-refractivity contribution is -0.159. The SMILES string of the molecule is O=C1C2CCCCCC2OC2CCCCCC12. The van der Waals surface area contributed by atoms with Gasteiger partial charge in [0.05, 0.1) is 12.2 Å². The number of fused-ring (bicyclic) bond motifs is 2. The minimum absolute atomic E-state index is 0.247. The molecular formula is C15H24O2. The van der Waals surface area contributed by atoms with Gasteiger partial charge in [0.1, 0.15) is 5.78 Å². The molecule has 2 aliphatic carbocycles. The van der Waals surface area contributed by atoms with Gasteiger partial charge >= 0.3 is 0 Å². The molecule has 17 heavy (non-hydrogen) atoms. The lowest BCUT2D eigenvalue weighted by Gasteiger charge is -2.39. The highest BCUT2D eigenvalue weighted by molar-refractivity contribution is 5.85. The number of ketones is 1. The Balaban J connectivity index is 1.78. The summed E-state index contributed by atoms with van der Waals surface area (Å²) in [6.07, 6.45) is 12.5. The molecule has 0 aromatic rings. The number of ether oxygens (including phenoxy) is 1. The second-order valence-electron chi connectivity index (χ2n) is 6.10. The molecule has 3 rings (SSSR count). The van der Waals surface area contributed by atoms with Crippen molar-refractivity contribution < 1.29 is 9.53 Å². The summed E-state index contributed by atoms with van der Waals surface area (Å²) < 4.78 is 6.30. The van der Waals surface area contributed by atoms with Crippen LogP contribution in [0.1, 0.15) is 64.2 Å². The van der Waals surface area contributed by atoms with E-state index in [2.05, 4.69) is 0 Å². The van der Waals surface area contributed by atoms with Crippen molar-refractivity contribution in [1.29, 1.82) is 0 Å². The molecule has 4 unspecified atom stereocenters. The van der Waals surface area contributed by atoms with Crippen molar-refractivity contribution in [1.82, 2.24) is 0 Å². The minimum atomic E-state index is 0.247. The molecule has 1 heterocycles. The molecule has 1 saturated heterocycles. The number of Topliss-reactive ketones (excluding diaryl/α,β-unsaturated/α-hetero) is 1. The van der Waals surface area contributed by atoms with Crippen molar-refractivity contribution in [2.45, 2.75) is 76.4 Å². The van der Waals surface area contributed by atoms with Gasteiger partial charge in [0, 0.05) is 11.8 Å². The Morgan fingerprint density at radius 3 is 1.71 bits per heavy atom. The highest BCUT2D eigenvalue weighted by atomic mass is 16.5. The second-order valence-corrected chi connectivity index (χ2v) is 6.10. The summed E-state index contributed by atoms with van der Waals surface area (Å²) in [6, 6.07) is 0. The largest absolute Gasteiger partial charge is 0.373 e. The lowest BCUT2D eigenvalue weighted by Crippen LogP contribution is -2.47.